The molecule has 0 atom stereocenters. The van der Waals surface area contributed by atoms with Crippen LogP contribution in [0.5, 0.6) is 0 Å². The molecular weight excluding hydrogens is 274 g/mol. The molecule has 0 saturated carbocycles. The van der Waals surface area contributed by atoms with Crippen LogP contribution in [0.2, 0.25) is 0 Å². The van der Waals surface area contributed by atoms with Crippen molar-refractivity contribution in [1.29, 1.82) is 0 Å². The molecule has 0 amide bonds. The van der Waals surface area contributed by atoms with Gasteiger partial charge in [-0.15, -0.1) is 0 Å². The normalized spacial score (nSPS) is 10.6. The number of H-pyrrole nitrogens is 1. The number of hydrogen-bond donors (Lipinski definition) is 2. The lowest BCUT2D eigenvalue weighted by Crippen LogP contribution is -2.26. The summed E-state index contributed by atoms with van der Waals surface area (Å²) in [6.07, 6.45) is 3.56. The summed E-state index contributed by atoms with van der Waals surface area (Å²) in [5.74, 6) is 0.888. The van der Waals surface area contributed by atoms with E-state index in [2.05, 4.69) is 45.2 Å². The molecule has 22 heavy (non-hydrogen) atoms. The van der Waals surface area contributed by atoms with Crippen LogP contribution in [0.1, 0.15) is 5.82 Å². The number of benzene rings is 2. The average Bonchev–Trinajstić information content (AvgIpc) is 3.09. The van der Waals surface area contributed by atoms with Crippen LogP contribution in [-0.2, 0) is 6.54 Å². The second kappa shape index (κ2) is 6.91. The fourth-order valence-corrected chi connectivity index (χ4v) is 2.50. The minimum absolute atomic E-state index is 0.107. The molecule has 0 aliphatic carbocycles. The summed E-state index contributed by atoms with van der Waals surface area (Å²) in [6.45, 7) is 1.32. The van der Waals surface area contributed by atoms with Crippen molar-refractivity contribution in [1.82, 2.24) is 9.97 Å². The number of nitrogens with one attached hydrogen (secondary N) is 1. The zero-order chi connectivity index (χ0) is 15.2. The molecule has 0 fully saturated rings. The Morgan fingerprint density at radius 1 is 1.00 bits per heavy atom. The van der Waals surface area contributed by atoms with Crippen molar-refractivity contribution in [2.45, 2.75) is 6.54 Å². The van der Waals surface area contributed by atoms with E-state index in [-0.39, 0.29) is 6.61 Å². The maximum absolute atomic E-state index is 9.34. The molecule has 2 aromatic carbocycles. The maximum atomic E-state index is 9.34. The van der Waals surface area contributed by atoms with Crippen LogP contribution in [0.15, 0.2) is 67.0 Å². The molecule has 1 aromatic heterocycles. The van der Waals surface area contributed by atoms with Crippen molar-refractivity contribution in [3.8, 4) is 11.1 Å². The van der Waals surface area contributed by atoms with E-state index < -0.39 is 0 Å². The highest BCUT2D eigenvalue weighted by molar-refractivity contribution is 5.68. The summed E-state index contributed by atoms with van der Waals surface area (Å²) < 4.78 is 0. The number of aliphatic hydroxyl groups excluding tert-OH is 1. The van der Waals surface area contributed by atoms with Gasteiger partial charge in [0.2, 0.25) is 0 Å². The van der Waals surface area contributed by atoms with Crippen LogP contribution in [0, 0.1) is 0 Å². The Hall–Kier alpha value is -2.59. The van der Waals surface area contributed by atoms with Crippen LogP contribution in [0.4, 0.5) is 5.69 Å². The van der Waals surface area contributed by atoms with Gasteiger partial charge in [0, 0.05) is 24.6 Å². The summed E-state index contributed by atoms with van der Waals surface area (Å²) >= 11 is 0. The minimum Gasteiger partial charge on any atom is -0.395 e. The molecule has 4 heteroatoms. The summed E-state index contributed by atoms with van der Waals surface area (Å²) in [5.41, 5.74) is 3.43. The Bertz CT molecular complexity index is 695. The van der Waals surface area contributed by atoms with Crippen LogP contribution in [0.25, 0.3) is 11.1 Å². The number of aliphatic hydroxyl groups is 1. The van der Waals surface area contributed by atoms with E-state index >= 15 is 0 Å². The molecule has 0 aliphatic heterocycles. The molecule has 4 nitrogen and oxygen atoms in total. The third kappa shape index (κ3) is 3.35. The molecular formula is C18H19N3O. The van der Waals surface area contributed by atoms with Crippen LogP contribution in [-0.4, -0.2) is 28.2 Å². The van der Waals surface area contributed by atoms with E-state index in [0.29, 0.717) is 13.1 Å². The van der Waals surface area contributed by atoms with Crippen molar-refractivity contribution in [3.05, 3.63) is 72.8 Å². The predicted molar refractivity (Wildman–Crippen MR) is 88.6 cm³/mol. The van der Waals surface area contributed by atoms with E-state index in [1.54, 1.807) is 6.20 Å². The van der Waals surface area contributed by atoms with Gasteiger partial charge in [-0.05, 0) is 23.3 Å². The Labute approximate surface area is 130 Å². The second-order valence-corrected chi connectivity index (χ2v) is 5.10. The van der Waals surface area contributed by atoms with E-state index in [0.717, 1.165) is 11.5 Å². The van der Waals surface area contributed by atoms with Gasteiger partial charge in [-0.3, -0.25) is 0 Å². The lowest BCUT2D eigenvalue weighted by Gasteiger charge is -2.23. The first kappa shape index (κ1) is 14.4. The molecule has 112 valence electrons. The largest absolute Gasteiger partial charge is 0.395 e. The first-order valence-electron chi connectivity index (χ1n) is 7.36. The molecule has 1 heterocycles. The van der Waals surface area contributed by atoms with Crippen LogP contribution < -0.4 is 4.90 Å². The Kier molecular flexibility index (Phi) is 4.51. The number of aromatic amines is 1. The van der Waals surface area contributed by atoms with Gasteiger partial charge < -0.3 is 15.0 Å². The molecule has 3 aromatic rings. The smallest absolute Gasteiger partial charge is 0.125 e. The van der Waals surface area contributed by atoms with Gasteiger partial charge in [0.25, 0.3) is 0 Å². The highest BCUT2D eigenvalue weighted by Crippen LogP contribution is 2.25. The Balaban J connectivity index is 1.88. The Morgan fingerprint density at radius 3 is 2.55 bits per heavy atom. The van der Waals surface area contributed by atoms with Crippen molar-refractivity contribution in [2.75, 3.05) is 18.1 Å². The zero-order valence-electron chi connectivity index (χ0n) is 12.3. The first-order valence-corrected chi connectivity index (χ1v) is 7.36. The molecule has 0 saturated heterocycles. The molecule has 2 N–H and O–H groups in total. The fraction of sp³-hybridized carbons (Fsp3) is 0.167. The molecule has 0 unspecified atom stereocenters. The summed E-state index contributed by atoms with van der Waals surface area (Å²) in [7, 11) is 0. The van der Waals surface area contributed by atoms with Crippen molar-refractivity contribution >= 4 is 5.69 Å². The second-order valence-electron chi connectivity index (χ2n) is 5.10. The van der Waals surface area contributed by atoms with Gasteiger partial charge in [0.1, 0.15) is 5.82 Å². The van der Waals surface area contributed by atoms with E-state index in [1.165, 1.54) is 11.1 Å². The summed E-state index contributed by atoms with van der Waals surface area (Å²) in [4.78, 5) is 9.49. The average molecular weight is 293 g/mol. The van der Waals surface area contributed by atoms with E-state index in [4.69, 9.17) is 0 Å². The third-order valence-corrected chi connectivity index (χ3v) is 3.58. The Morgan fingerprint density at radius 2 is 1.82 bits per heavy atom. The number of rotatable bonds is 6. The predicted octanol–water partition coefficient (Wildman–Crippen LogP) is 3.08. The SMILES string of the molecule is OCCN(Cc1ncc[nH]1)c1cccc(-c2ccccc2)c1. The summed E-state index contributed by atoms with van der Waals surface area (Å²) in [5, 5.41) is 9.34. The van der Waals surface area contributed by atoms with Gasteiger partial charge >= 0.3 is 0 Å². The minimum atomic E-state index is 0.107. The molecule has 0 radical (unpaired) electrons. The summed E-state index contributed by atoms with van der Waals surface area (Å²) in [6, 6.07) is 18.6. The topological polar surface area (TPSA) is 52.1 Å². The van der Waals surface area contributed by atoms with Gasteiger partial charge in [-0.2, -0.15) is 0 Å². The van der Waals surface area contributed by atoms with Gasteiger partial charge in [0.05, 0.1) is 13.2 Å². The number of hydrogen-bond acceptors (Lipinski definition) is 3. The highest BCUT2D eigenvalue weighted by Gasteiger charge is 2.09. The van der Waals surface area contributed by atoms with Crippen LogP contribution >= 0.6 is 0 Å². The third-order valence-electron chi connectivity index (χ3n) is 3.58. The number of aromatic nitrogens is 2. The molecule has 3 rings (SSSR count). The standard InChI is InChI=1S/C18H19N3O/c22-12-11-21(14-18-19-9-10-20-18)17-8-4-7-16(13-17)15-5-2-1-3-6-15/h1-10,13,22H,11-12,14H2,(H,19,20). The van der Waals surface area contributed by atoms with Gasteiger partial charge in [-0.1, -0.05) is 42.5 Å². The molecule has 0 spiro atoms. The fourth-order valence-electron chi connectivity index (χ4n) is 2.50. The van der Waals surface area contributed by atoms with Crippen molar-refractivity contribution in [2.24, 2.45) is 0 Å². The van der Waals surface area contributed by atoms with Gasteiger partial charge in [-0.25, -0.2) is 4.98 Å². The highest BCUT2D eigenvalue weighted by atomic mass is 16.3. The van der Waals surface area contributed by atoms with Crippen molar-refractivity contribution < 1.29 is 5.11 Å². The van der Waals surface area contributed by atoms with Gasteiger partial charge in [0.15, 0.2) is 0 Å². The van der Waals surface area contributed by atoms with E-state index in [9.17, 15) is 5.11 Å². The monoisotopic (exact) mass is 293 g/mol. The molecule has 0 bridgehead atoms. The van der Waals surface area contributed by atoms with Crippen molar-refractivity contribution in [3.63, 3.8) is 0 Å². The van der Waals surface area contributed by atoms with E-state index in [1.807, 2.05) is 30.5 Å². The quantitative estimate of drug-likeness (QED) is 0.734. The number of imidazole rings is 1. The zero-order valence-corrected chi connectivity index (χ0v) is 12.3. The number of anilines is 1. The molecule has 0 aliphatic rings. The lowest BCUT2D eigenvalue weighted by atomic mass is 10.0. The van der Waals surface area contributed by atoms with Crippen LogP contribution in [0.3, 0.4) is 0 Å². The maximum Gasteiger partial charge on any atom is 0.125 e. The number of nitrogens with zero attached hydrogens (tertiary/aromatic N) is 2. The first-order chi connectivity index (χ1) is 10.9. The lowest BCUT2D eigenvalue weighted by molar-refractivity contribution is 0.301.